The van der Waals surface area contributed by atoms with Crippen molar-refractivity contribution in [3.8, 4) is 0 Å². The molecule has 2 heterocycles. The van der Waals surface area contributed by atoms with Crippen LogP contribution >= 0.6 is 11.8 Å². The van der Waals surface area contributed by atoms with E-state index in [4.69, 9.17) is 0 Å². The standard InChI is InChI=1S/C13H21N3O2S/c1-10(2)8-16-9-11(7-14-16)15-12(17)13(18)3-5-19-6-4-13/h7,9-10,18H,3-6,8H2,1-2H3,(H,15,17). The Morgan fingerprint density at radius 1 is 1.58 bits per heavy atom. The number of amides is 1. The van der Waals surface area contributed by atoms with Gasteiger partial charge in [0.2, 0.25) is 0 Å². The molecule has 2 rings (SSSR count). The zero-order valence-electron chi connectivity index (χ0n) is 11.4. The minimum atomic E-state index is -1.22. The second-order valence-corrected chi connectivity index (χ2v) is 6.67. The van der Waals surface area contributed by atoms with Crippen molar-refractivity contribution in [3.63, 3.8) is 0 Å². The van der Waals surface area contributed by atoms with Crippen molar-refractivity contribution in [2.75, 3.05) is 16.8 Å². The number of carbonyl (C=O) groups excluding carboxylic acids is 1. The topological polar surface area (TPSA) is 67.2 Å². The fraction of sp³-hybridized carbons (Fsp3) is 0.692. The molecule has 6 heteroatoms. The molecular weight excluding hydrogens is 262 g/mol. The van der Waals surface area contributed by atoms with Gasteiger partial charge >= 0.3 is 0 Å². The molecule has 5 nitrogen and oxygen atoms in total. The van der Waals surface area contributed by atoms with Crippen LogP contribution in [-0.4, -0.2) is 37.9 Å². The van der Waals surface area contributed by atoms with Crippen molar-refractivity contribution in [2.24, 2.45) is 5.92 Å². The maximum Gasteiger partial charge on any atom is 0.256 e. The average molecular weight is 283 g/mol. The van der Waals surface area contributed by atoms with Gasteiger partial charge in [0.15, 0.2) is 0 Å². The van der Waals surface area contributed by atoms with Crippen molar-refractivity contribution in [3.05, 3.63) is 12.4 Å². The summed E-state index contributed by atoms with van der Waals surface area (Å²) in [5, 5.41) is 17.3. The van der Waals surface area contributed by atoms with E-state index < -0.39 is 5.60 Å². The summed E-state index contributed by atoms with van der Waals surface area (Å²) < 4.78 is 1.81. The molecular formula is C13H21N3O2S. The first-order valence-electron chi connectivity index (χ1n) is 6.64. The predicted molar refractivity (Wildman–Crippen MR) is 77.2 cm³/mol. The van der Waals surface area contributed by atoms with E-state index in [2.05, 4.69) is 24.3 Å². The van der Waals surface area contributed by atoms with E-state index in [1.54, 1.807) is 28.8 Å². The molecule has 1 fully saturated rings. The van der Waals surface area contributed by atoms with Crippen molar-refractivity contribution in [2.45, 2.75) is 38.8 Å². The van der Waals surface area contributed by atoms with Crippen LogP contribution in [0.1, 0.15) is 26.7 Å². The first-order valence-corrected chi connectivity index (χ1v) is 7.79. The molecule has 1 aromatic rings. The number of aromatic nitrogens is 2. The SMILES string of the molecule is CC(C)Cn1cc(NC(=O)C2(O)CCSCC2)cn1. The minimum Gasteiger partial charge on any atom is -0.380 e. The van der Waals surface area contributed by atoms with Gasteiger partial charge in [-0.2, -0.15) is 16.9 Å². The van der Waals surface area contributed by atoms with Crippen LogP contribution in [0, 0.1) is 5.92 Å². The summed E-state index contributed by atoms with van der Waals surface area (Å²) >= 11 is 1.78. The van der Waals surface area contributed by atoms with E-state index in [0.717, 1.165) is 18.1 Å². The third-order valence-corrected chi connectivity index (χ3v) is 4.17. The van der Waals surface area contributed by atoms with Gasteiger partial charge in [-0.15, -0.1) is 0 Å². The van der Waals surface area contributed by atoms with Gasteiger partial charge < -0.3 is 10.4 Å². The van der Waals surface area contributed by atoms with Crippen LogP contribution in [0.3, 0.4) is 0 Å². The Hall–Kier alpha value is -1.01. The molecule has 2 N–H and O–H groups in total. The van der Waals surface area contributed by atoms with Crippen LogP contribution in [0.15, 0.2) is 12.4 Å². The quantitative estimate of drug-likeness (QED) is 0.883. The van der Waals surface area contributed by atoms with E-state index in [-0.39, 0.29) is 5.91 Å². The lowest BCUT2D eigenvalue weighted by molar-refractivity contribution is -0.134. The van der Waals surface area contributed by atoms with Gasteiger partial charge in [-0.3, -0.25) is 9.48 Å². The van der Waals surface area contributed by atoms with Gasteiger partial charge in [-0.05, 0) is 30.3 Å². The smallest absolute Gasteiger partial charge is 0.256 e. The van der Waals surface area contributed by atoms with Crippen molar-refractivity contribution in [1.29, 1.82) is 0 Å². The summed E-state index contributed by atoms with van der Waals surface area (Å²) in [7, 11) is 0. The minimum absolute atomic E-state index is 0.308. The number of hydrogen-bond acceptors (Lipinski definition) is 4. The maximum absolute atomic E-state index is 12.1. The molecule has 0 aromatic carbocycles. The molecule has 0 radical (unpaired) electrons. The molecule has 0 aliphatic carbocycles. The molecule has 0 atom stereocenters. The Bertz CT molecular complexity index is 439. The number of hydrogen-bond donors (Lipinski definition) is 2. The number of carbonyl (C=O) groups is 1. The molecule has 0 spiro atoms. The average Bonchev–Trinajstić information content (AvgIpc) is 2.76. The van der Waals surface area contributed by atoms with Crippen LogP contribution in [-0.2, 0) is 11.3 Å². The van der Waals surface area contributed by atoms with E-state index in [0.29, 0.717) is 24.4 Å². The van der Waals surface area contributed by atoms with Crippen molar-refractivity contribution in [1.82, 2.24) is 9.78 Å². The van der Waals surface area contributed by atoms with Crippen LogP contribution in [0.25, 0.3) is 0 Å². The summed E-state index contributed by atoms with van der Waals surface area (Å²) in [5.41, 5.74) is -0.567. The summed E-state index contributed by atoms with van der Waals surface area (Å²) in [6.07, 6.45) is 4.47. The fourth-order valence-corrected chi connectivity index (χ4v) is 3.25. The first kappa shape index (κ1) is 14.4. The lowest BCUT2D eigenvalue weighted by Crippen LogP contribution is -2.45. The van der Waals surface area contributed by atoms with Gasteiger partial charge in [0.25, 0.3) is 5.91 Å². The number of anilines is 1. The Labute approximate surface area is 117 Å². The molecule has 1 aliphatic rings. The van der Waals surface area contributed by atoms with E-state index in [1.807, 2.05) is 0 Å². The number of nitrogens with zero attached hydrogens (tertiary/aromatic N) is 2. The molecule has 106 valence electrons. The van der Waals surface area contributed by atoms with E-state index in [9.17, 15) is 9.90 Å². The van der Waals surface area contributed by atoms with Gasteiger partial charge in [0, 0.05) is 12.7 Å². The van der Waals surface area contributed by atoms with Gasteiger partial charge in [-0.1, -0.05) is 13.8 Å². The van der Waals surface area contributed by atoms with Crippen molar-refractivity contribution >= 4 is 23.4 Å². The number of thioether (sulfide) groups is 1. The highest BCUT2D eigenvalue weighted by atomic mass is 32.2. The highest BCUT2D eigenvalue weighted by Crippen LogP contribution is 2.28. The molecule has 1 amide bonds. The highest BCUT2D eigenvalue weighted by Gasteiger charge is 2.37. The molecule has 1 saturated heterocycles. The lowest BCUT2D eigenvalue weighted by atomic mass is 9.96. The third kappa shape index (κ3) is 3.73. The molecule has 0 bridgehead atoms. The zero-order valence-corrected chi connectivity index (χ0v) is 12.2. The lowest BCUT2D eigenvalue weighted by Gasteiger charge is -2.29. The third-order valence-electron chi connectivity index (χ3n) is 3.19. The Morgan fingerprint density at radius 2 is 2.26 bits per heavy atom. The number of nitrogens with one attached hydrogen (secondary N) is 1. The van der Waals surface area contributed by atoms with Crippen LogP contribution in [0.5, 0.6) is 0 Å². The Balaban J connectivity index is 1.96. The van der Waals surface area contributed by atoms with Crippen LogP contribution in [0.2, 0.25) is 0 Å². The Kier molecular flexibility index (Phi) is 4.52. The first-order chi connectivity index (χ1) is 8.99. The van der Waals surface area contributed by atoms with Gasteiger partial charge in [-0.25, -0.2) is 0 Å². The highest BCUT2D eigenvalue weighted by molar-refractivity contribution is 7.99. The van der Waals surface area contributed by atoms with Crippen molar-refractivity contribution < 1.29 is 9.90 Å². The monoisotopic (exact) mass is 283 g/mol. The van der Waals surface area contributed by atoms with Gasteiger partial charge in [0.1, 0.15) is 5.60 Å². The largest absolute Gasteiger partial charge is 0.380 e. The summed E-state index contributed by atoms with van der Waals surface area (Å²) in [6.45, 7) is 5.04. The Morgan fingerprint density at radius 3 is 2.89 bits per heavy atom. The summed E-state index contributed by atoms with van der Waals surface area (Å²) in [6, 6.07) is 0. The fourth-order valence-electron chi connectivity index (χ4n) is 2.09. The van der Waals surface area contributed by atoms with Crippen LogP contribution < -0.4 is 5.32 Å². The van der Waals surface area contributed by atoms with Crippen LogP contribution in [0.4, 0.5) is 5.69 Å². The van der Waals surface area contributed by atoms with Gasteiger partial charge in [0.05, 0.1) is 11.9 Å². The zero-order chi connectivity index (χ0) is 13.9. The maximum atomic E-state index is 12.1. The predicted octanol–water partition coefficient (Wildman–Crippen LogP) is 1.74. The molecule has 0 saturated carbocycles. The molecule has 19 heavy (non-hydrogen) atoms. The normalized spacial score (nSPS) is 18.5. The molecule has 0 unspecified atom stereocenters. The van der Waals surface area contributed by atoms with E-state index >= 15 is 0 Å². The second kappa shape index (κ2) is 5.96. The summed E-state index contributed by atoms with van der Waals surface area (Å²) in [4.78, 5) is 12.1. The molecule has 1 aromatic heterocycles. The molecule has 1 aliphatic heterocycles. The summed E-state index contributed by atoms with van der Waals surface area (Å²) in [5.74, 6) is 1.85. The second-order valence-electron chi connectivity index (χ2n) is 5.44. The van der Waals surface area contributed by atoms with E-state index in [1.165, 1.54) is 0 Å². The number of aliphatic hydroxyl groups is 1. The number of rotatable bonds is 4.